The lowest BCUT2D eigenvalue weighted by atomic mass is 9.87. The second kappa shape index (κ2) is 5.16. The number of nitrogens with zero attached hydrogens (tertiary/aromatic N) is 1. The normalized spacial score (nSPS) is 25.1. The summed E-state index contributed by atoms with van der Waals surface area (Å²) in [5, 5.41) is 3.54. The summed E-state index contributed by atoms with van der Waals surface area (Å²) in [4.78, 5) is 4.09. The molecule has 88 valence electrons. The van der Waals surface area contributed by atoms with Crippen LogP contribution in [0.25, 0.3) is 0 Å². The molecule has 2 rings (SSSR count). The molecule has 4 N–H and O–H groups in total. The van der Waals surface area contributed by atoms with E-state index in [2.05, 4.69) is 22.7 Å². The lowest BCUT2D eigenvalue weighted by Gasteiger charge is -2.27. The number of nitrogens with two attached hydrogens (primary N) is 1. The first-order chi connectivity index (χ1) is 7.78. The topological polar surface area (TPSA) is 63.0 Å². The summed E-state index contributed by atoms with van der Waals surface area (Å²) in [5.74, 6) is 6.92. The molecule has 0 atom stereocenters. The number of hydrazine groups is 1. The van der Waals surface area contributed by atoms with Crippen molar-refractivity contribution in [3.8, 4) is 0 Å². The Hall–Kier alpha value is -1.29. The first-order valence-electron chi connectivity index (χ1n) is 5.97. The zero-order valence-corrected chi connectivity index (χ0v) is 9.74. The van der Waals surface area contributed by atoms with Crippen LogP contribution in [0.2, 0.25) is 0 Å². The standard InChI is InChI=1S/C12H20N4/c1-9-2-4-10(5-3-9)15-11-6-7-14-12(8-11)16-13/h6-10H,2-5,13H2,1H3,(H2,14,15,16). The van der Waals surface area contributed by atoms with Crippen molar-refractivity contribution in [2.24, 2.45) is 11.8 Å². The number of nitrogens with one attached hydrogen (secondary N) is 2. The average Bonchev–Trinajstić information content (AvgIpc) is 2.32. The van der Waals surface area contributed by atoms with Crippen LogP contribution in [0.15, 0.2) is 18.3 Å². The highest BCUT2D eigenvalue weighted by atomic mass is 15.2. The minimum atomic E-state index is 0.601. The fourth-order valence-electron chi connectivity index (χ4n) is 2.24. The first kappa shape index (κ1) is 11.2. The minimum Gasteiger partial charge on any atom is -0.382 e. The van der Waals surface area contributed by atoms with E-state index in [9.17, 15) is 0 Å². The predicted molar refractivity (Wildman–Crippen MR) is 67.1 cm³/mol. The Balaban J connectivity index is 1.93. The average molecular weight is 220 g/mol. The monoisotopic (exact) mass is 220 g/mol. The molecule has 0 saturated heterocycles. The third-order valence-electron chi connectivity index (χ3n) is 3.29. The fraction of sp³-hybridized carbons (Fsp3) is 0.583. The molecule has 0 unspecified atom stereocenters. The maximum absolute atomic E-state index is 5.33. The van der Waals surface area contributed by atoms with Gasteiger partial charge in [0.2, 0.25) is 0 Å². The molecule has 4 heteroatoms. The van der Waals surface area contributed by atoms with E-state index in [1.165, 1.54) is 25.7 Å². The van der Waals surface area contributed by atoms with Crippen LogP contribution in [-0.4, -0.2) is 11.0 Å². The zero-order valence-electron chi connectivity index (χ0n) is 9.74. The van der Waals surface area contributed by atoms with Crippen molar-refractivity contribution < 1.29 is 0 Å². The van der Waals surface area contributed by atoms with Crippen LogP contribution in [0.3, 0.4) is 0 Å². The van der Waals surface area contributed by atoms with Gasteiger partial charge in [-0.05, 0) is 37.7 Å². The highest BCUT2D eigenvalue weighted by Gasteiger charge is 2.17. The van der Waals surface area contributed by atoms with Gasteiger partial charge in [0.1, 0.15) is 5.82 Å². The van der Waals surface area contributed by atoms with Crippen LogP contribution in [0.5, 0.6) is 0 Å². The Morgan fingerprint density at radius 2 is 2.06 bits per heavy atom. The number of pyridine rings is 1. The highest BCUT2D eigenvalue weighted by molar-refractivity contribution is 5.51. The lowest BCUT2D eigenvalue weighted by Crippen LogP contribution is -2.25. The van der Waals surface area contributed by atoms with E-state index in [1.54, 1.807) is 6.20 Å². The summed E-state index contributed by atoms with van der Waals surface area (Å²) < 4.78 is 0. The van der Waals surface area contributed by atoms with Crippen LogP contribution in [0.4, 0.5) is 11.5 Å². The quantitative estimate of drug-likeness (QED) is 0.540. The van der Waals surface area contributed by atoms with Crippen molar-refractivity contribution >= 4 is 11.5 Å². The fourth-order valence-corrected chi connectivity index (χ4v) is 2.24. The Morgan fingerprint density at radius 1 is 1.31 bits per heavy atom. The number of rotatable bonds is 3. The third kappa shape index (κ3) is 2.85. The summed E-state index contributed by atoms with van der Waals surface area (Å²) in [6.45, 7) is 2.33. The van der Waals surface area contributed by atoms with Gasteiger partial charge in [0.15, 0.2) is 0 Å². The Labute approximate surface area is 96.6 Å². The van der Waals surface area contributed by atoms with Crippen molar-refractivity contribution in [2.45, 2.75) is 38.6 Å². The molecule has 0 amide bonds. The molecular weight excluding hydrogens is 200 g/mol. The molecule has 1 aliphatic rings. The van der Waals surface area contributed by atoms with Gasteiger partial charge in [-0.2, -0.15) is 0 Å². The lowest BCUT2D eigenvalue weighted by molar-refractivity contribution is 0.361. The molecule has 0 aliphatic heterocycles. The molecule has 1 heterocycles. The van der Waals surface area contributed by atoms with Crippen molar-refractivity contribution in [1.82, 2.24) is 4.98 Å². The first-order valence-corrected chi connectivity index (χ1v) is 5.97. The highest BCUT2D eigenvalue weighted by Crippen LogP contribution is 2.26. The van der Waals surface area contributed by atoms with Gasteiger partial charge in [0, 0.05) is 24.0 Å². The molecule has 0 radical (unpaired) electrons. The maximum atomic E-state index is 5.33. The largest absolute Gasteiger partial charge is 0.382 e. The number of hydrogen-bond acceptors (Lipinski definition) is 4. The molecule has 0 spiro atoms. The molecule has 1 aliphatic carbocycles. The molecule has 4 nitrogen and oxygen atoms in total. The minimum absolute atomic E-state index is 0.601. The summed E-state index contributed by atoms with van der Waals surface area (Å²) in [7, 11) is 0. The van der Waals surface area contributed by atoms with Gasteiger partial charge in [0.05, 0.1) is 0 Å². The molecule has 0 bridgehead atoms. The third-order valence-corrected chi connectivity index (χ3v) is 3.29. The molecule has 1 aromatic heterocycles. The Morgan fingerprint density at radius 3 is 2.75 bits per heavy atom. The van der Waals surface area contributed by atoms with Crippen molar-refractivity contribution in [2.75, 3.05) is 10.7 Å². The number of nitrogen functional groups attached to an aromatic ring is 1. The molecule has 1 saturated carbocycles. The van der Waals surface area contributed by atoms with Gasteiger partial charge < -0.3 is 10.7 Å². The predicted octanol–water partition coefficient (Wildman–Crippen LogP) is 2.36. The summed E-state index contributed by atoms with van der Waals surface area (Å²) >= 11 is 0. The second-order valence-electron chi connectivity index (χ2n) is 4.68. The van der Waals surface area contributed by atoms with E-state index in [-0.39, 0.29) is 0 Å². The van der Waals surface area contributed by atoms with Gasteiger partial charge in [-0.25, -0.2) is 10.8 Å². The van der Waals surface area contributed by atoms with Gasteiger partial charge in [-0.1, -0.05) is 6.92 Å². The van der Waals surface area contributed by atoms with Crippen LogP contribution in [0, 0.1) is 5.92 Å². The SMILES string of the molecule is CC1CCC(Nc2ccnc(NN)c2)CC1. The van der Waals surface area contributed by atoms with Gasteiger partial charge >= 0.3 is 0 Å². The van der Waals surface area contributed by atoms with Gasteiger partial charge in [-0.3, -0.25) is 0 Å². The van der Waals surface area contributed by atoms with E-state index >= 15 is 0 Å². The van der Waals surface area contributed by atoms with Crippen LogP contribution in [0.1, 0.15) is 32.6 Å². The summed E-state index contributed by atoms with van der Waals surface area (Å²) in [6.07, 6.45) is 6.93. The molecule has 1 aromatic rings. The van der Waals surface area contributed by atoms with Crippen molar-refractivity contribution in [3.63, 3.8) is 0 Å². The van der Waals surface area contributed by atoms with E-state index in [4.69, 9.17) is 5.84 Å². The summed E-state index contributed by atoms with van der Waals surface area (Å²) in [6, 6.07) is 4.53. The van der Waals surface area contributed by atoms with Crippen LogP contribution in [-0.2, 0) is 0 Å². The van der Waals surface area contributed by atoms with E-state index in [1.807, 2.05) is 12.1 Å². The van der Waals surface area contributed by atoms with Crippen molar-refractivity contribution in [1.29, 1.82) is 0 Å². The van der Waals surface area contributed by atoms with E-state index < -0.39 is 0 Å². The smallest absolute Gasteiger partial charge is 0.141 e. The van der Waals surface area contributed by atoms with Gasteiger partial charge in [-0.15, -0.1) is 0 Å². The van der Waals surface area contributed by atoms with E-state index in [0.29, 0.717) is 11.9 Å². The van der Waals surface area contributed by atoms with Crippen LogP contribution < -0.4 is 16.6 Å². The van der Waals surface area contributed by atoms with E-state index in [0.717, 1.165) is 11.6 Å². The summed E-state index contributed by atoms with van der Waals surface area (Å²) in [5.41, 5.74) is 3.66. The Bertz CT molecular complexity index is 332. The maximum Gasteiger partial charge on any atom is 0.141 e. The Kier molecular flexibility index (Phi) is 3.62. The van der Waals surface area contributed by atoms with Crippen LogP contribution >= 0.6 is 0 Å². The number of hydrogen-bond donors (Lipinski definition) is 3. The number of anilines is 2. The second-order valence-corrected chi connectivity index (χ2v) is 4.68. The van der Waals surface area contributed by atoms with Crippen molar-refractivity contribution in [3.05, 3.63) is 18.3 Å². The molecule has 16 heavy (non-hydrogen) atoms. The van der Waals surface area contributed by atoms with Gasteiger partial charge in [0.25, 0.3) is 0 Å². The molecule has 0 aromatic carbocycles. The molecule has 1 fully saturated rings. The number of aromatic nitrogens is 1. The molecular formula is C12H20N4. The zero-order chi connectivity index (χ0) is 11.4.